The fourth-order valence-electron chi connectivity index (χ4n) is 3.24. The molecule has 5 heteroatoms. The van der Waals surface area contributed by atoms with Crippen molar-refractivity contribution in [3.63, 3.8) is 0 Å². The number of nitrogens with zero attached hydrogens (tertiary/aromatic N) is 1. The summed E-state index contributed by atoms with van der Waals surface area (Å²) < 4.78 is 18.3. The fourth-order valence-corrected chi connectivity index (χ4v) is 3.24. The number of benzene rings is 2. The van der Waals surface area contributed by atoms with Crippen molar-refractivity contribution < 1.29 is 13.9 Å². The Morgan fingerprint density at radius 1 is 1.12 bits per heavy atom. The smallest absolute Gasteiger partial charge is 0.258 e. The standard InChI is InChI=1S/C21H25FN2O2/c1-16-4-6-17(7-5-16)20(24-12-2-3-13-24)14-23-21(25)15-26-19-10-8-18(22)9-11-19/h4-11,20H,2-3,12-15H2,1H3,(H,23,25). The van der Waals surface area contributed by atoms with E-state index in [0.717, 1.165) is 13.1 Å². The molecule has 0 spiro atoms. The highest BCUT2D eigenvalue weighted by molar-refractivity contribution is 5.77. The average Bonchev–Trinajstić information content (AvgIpc) is 3.17. The molecular weight excluding hydrogens is 331 g/mol. The molecule has 1 aliphatic rings. The number of aryl methyl sites for hydroxylation is 1. The first-order valence-electron chi connectivity index (χ1n) is 9.07. The van der Waals surface area contributed by atoms with Crippen molar-refractivity contribution >= 4 is 5.91 Å². The summed E-state index contributed by atoms with van der Waals surface area (Å²) in [7, 11) is 0. The quantitative estimate of drug-likeness (QED) is 0.826. The van der Waals surface area contributed by atoms with Gasteiger partial charge in [0, 0.05) is 6.54 Å². The summed E-state index contributed by atoms with van der Waals surface area (Å²) >= 11 is 0. The highest BCUT2D eigenvalue weighted by Crippen LogP contribution is 2.24. The van der Waals surface area contributed by atoms with Gasteiger partial charge in [0.2, 0.25) is 0 Å². The maximum atomic E-state index is 12.9. The van der Waals surface area contributed by atoms with Gasteiger partial charge in [0.25, 0.3) is 5.91 Å². The van der Waals surface area contributed by atoms with Crippen LogP contribution in [0.4, 0.5) is 4.39 Å². The lowest BCUT2D eigenvalue weighted by molar-refractivity contribution is -0.123. The number of hydrogen-bond acceptors (Lipinski definition) is 3. The van der Waals surface area contributed by atoms with Gasteiger partial charge in [-0.1, -0.05) is 29.8 Å². The molecule has 0 saturated carbocycles. The summed E-state index contributed by atoms with van der Waals surface area (Å²) in [5.74, 6) is -0.0184. The number of carbonyl (C=O) groups excluding carboxylic acids is 1. The molecule has 3 rings (SSSR count). The van der Waals surface area contributed by atoms with Crippen LogP contribution in [-0.4, -0.2) is 37.0 Å². The Morgan fingerprint density at radius 3 is 2.42 bits per heavy atom. The molecule has 4 nitrogen and oxygen atoms in total. The number of likely N-dealkylation sites (tertiary alicyclic amines) is 1. The van der Waals surface area contributed by atoms with Crippen LogP contribution in [0.1, 0.15) is 30.0 Å². The minimum absolute atomic E-state index is 0.0771. The summed E-state index contributed by atoms with van der Waals surface area (Å²) in [6.45, 7) is 4.66. The van der Waals surface area contributed by atoms with Crippen LogP contribution >= 0.6 is 0 Å². The molecule has 0 bridgehead atoms. The Bertz CT molecular complexity index is 710. The van der Waals surface area contributed by atoms with Gasteiger partial charge in [-0.25, -0.2) is 4.39 Å². The van der Waals surface area contributed by atoms with Gasteiger partial charge in [-0.2, -0.15) is 0 Å². The number of amides is 1. The highest BCUT2D eigenvalue weighted by atomic mass is 19.1. The average molecular weight is 356 g/mol. The lowest BCUT2D eigenvalue weighted by Crippen LogP contribution is -2.38. The second-order valence-electron chi connectivity index (χ2n) is 6.72. The van der Waals surface area contributed by atoms with Crippen molar-refractivity contribution in [2.45, 2.75) is 25.8 Å². The van der Waals surface area contributed by atoms with Crippen molar-refractivity contribution in [2.75, 3.05) is 26.2 Å². The van der Waals surface area contributed by atoms with Gasteiger partial charge in [0.05, 0.1) is 6.04 Å². The van der Waals surface area contributed by atoms with Crippen LogP contribution in [0.5, 0.6) is 5.75 Å². The predicted octanol–water partition coefficient (Wildman–Crippen LogP) is 3.47. The van der Waals surface area contributed by atoms with Crippen molar-refractivity contribution in [3.05, 3.63) is 65.5 Å². The third kappa shape index (κ3) is 5.05. The third-order valence-electron chi connectivity index (χ3n) is 4.72. The fraction of sp³-hybridized carbons (Fsp3) is 0.381. The molecule has 1 unspecified atom stereocenters. The molecular formula is C21H25FN2O2. The summed E-state index contributed by atoms with van der Waals surface area (Å²) in [4.78, 5) is 14.6. The first-order valence-corrected chi connectivity index (χ1v) is 9.07. The van der Waals surface area contributed by atoms with Crippen LogP contribution in [0, 0.1) is 12.7 Å². The van der Waals surface area contributed by atoms with Gasteiger partial charge in [-0.05, 0) is 62.7 Å². The van der Waals surface area contributed by atoms with E-state index in [2.05, 4.69) is 41.4 Å². The zero-order chi connectivity index (χ0) is 18.4. The second kappa shape index (κ2) is 8.81. The van der Waals surface area contributed by atoms with Crippen LogP contribution in [0.2, 0.25) is 0 Å². The molecule has 1 heterocycles. The van der Waals surface area contributed by atoms with Crippen molar-refractivity contribution in [1.29, 1.82) is 0 Å². The van der Waals surface area contributed by atoms with Crippen molar-refractivity contribution in [2.24, 2.45) is 0 Å². The first-order chi connectivity index (χ1) is 12.6. The first kappa shape index (κ1) is 18.4. The number of carbonyl (C=O) groups is 1. The van der Waals surface area contributed by atoms with Crippen LogP contribution < -0.4 is 10.1 Å². The highest BCUT2D eigenvalue weighted by Gasteiger charge is 2.23. The normalized spacial score (nSPS) is 15.6. The molecule has 1 saturated heterocycles. The lowest BCUT2D eigenvalue weighted by Gasteiger charge is -2.28. The Kier molecular flexibility index (Phi) is 6.23. The van der Waals surface area contributed by atoms with Gasteiger partial charge in [0.1, 0.15) is 11.6 Å². The van der Waals surface area contributed by atoms with Crippen molar-refractivity contribution in [3.8, 4) is 5.75 Å². The summed E-state index contributed by atoms with van der Waals surface area (Å²) in [5, 5.41) is 2.97. The van der Waals surface area contributed by atoms with Crippen LogP contribution in [0.25, 0.3) is 0 Å². The van der Waals surface area contributed by atoms with E-state index in [1.807, 2.05) is 0 Å². The lowest BCUT2D eigenvalue weighted by atomic mass is 10.0. The molecule has 2 aromatic carbocycles. The van der Waals surface area contributed by atoms with Gasteiger partial charge in [-0.15, -0.1) is 0 Å². The van der Waals surface area contributed by atoms with E-state index in [1.165, 1.54) is 48.2 Å². The number of hydrogen-bond donors (Lipinski definition) is 1. The molecule has 1 aliphatic heterocycles. The molecule has 2 aromatic rings. The molecule has 1 fully saturated rings. The summed E-state index contributed by atoms with van der Waals surface area (Å²) in [6, 6.07) is 14.3. The zero-order valence-corrected chi connectivity index (χ0v) is 15.1. The van der Waals surface area contributed by atoms with Gasteiger partial charge < -0.3 is 10.1 Å². The van der Waals surface area contributed by atoms with E-state index in [-0.39, 0.29) is 24.4 Å². The van der Waals surface area contributed by atoms with Gasteiger partial charge in [-0.3, -0.25) is 9.69 Å². The number of nitrogens with one attached hydrogen (secondary N) is 1. The maximum Gasteiger partial charge on any atom is 0.258 e. The third-order valence-corrected chi connectivity index (χ3v) is 4.72. The minimum atomic E-state index is -0.326. The topological polar surface area (TPSA) is 41.6 Å². The number of halogens is 1. The number of rotatable bonds is 7. The Labute approximate surface area is 154 Å². The molecule has 0 aromatic heterocycles. The molecule has 0 aliphatic carbocycles. The van der Waals surface area contributed by atoms with Crippen LogP contribution in [0.3, 0.4) is 0 Å². The van der Waals surface area contributed by atoms with E-state index in [0.29, 0.717) is 12.3 Å². The van der Waals surface area contributed by atoms with Gasteiger partial charge >= 0.3 is 0 Å². The van der Waals surface area contributed by atoms with E-state index < -0.39 is 0 Å². The maximum absolute atomic E-state index is 12.9. The molecule has 138 valence electrons. The summed E-state index contributed by atoms with van der Waals surface area (Å²) in [6.07, 6.45) is 2.40. The van der Waals surface area contributed by atoms with E-state index in [1.54, 1.807) is 0 Å². The van der Waals surface area contributed by atoms with E-state index in [9.17, 15) is 9.18 Å². The predicted molar refractivity (Wildman–Crippen MR) is 99.6 cm³/mol. The molecule has 26 heavy (non-hydrogen) atoms. The monoisotopic (exact) mass is 356 g/mol. The largest absolute Gasteiger partial charge is 0.484 e. The molecule has 0 radical (unpaired) electrons. The summed E-state index contributed by atoms with van der Waals surface area (Å²) in [5.41, 5.74) is 2.45. The SMILES string of the molecule is Cc1ccc(C(CNC(=O)COc2ccc(F)cc2)N2CCCC2)cc1. The van der Waals surface area contributed by atoms with E-state index in [4.69, 9.17) is 4.74 Å². The Hall–Kier alpha value is -2.40. The molecule has 1 atom stereocenters. The Balaban J connectivity index is 1.55. The number of ether oxygens (including phenoxy) is 1. The molecule has 1 amide bonds. The molecule has 1 N–H and O–H groups in total. The zero-order valence-electron chi connectivity index (χ0n) is 15.1. The van der Waals surface area contributed by atoms with Crippen LogP contribution in [-0.2, 0) is 4.79 Å². The van der Waals surface area contributed by atoms with E-state index >= 15 is 0 Å². The van der Waals surface area contributed by atoms with Gasteiger partial charge in [0.15, 0.2) is 6.61 Å². The second-order valence-corrected chi connectivity index (χ2v) is 6.72. The minimum Gasteiger partial charge on any atom is -0.484 e. The Morgan fingerprint density at radius 2 is 1.77 bits per heavy atom. The van der Waals surface area contributed by atoms with Crippen molar-refractivity contribution in [1.82, 2.24) is 10.2 Å². The van der Waals surface area contributed by atoms with Crippen LogP contribution in [0.15, 0.2) is 48.5 Å².